The van der Waals surface area contributed by atoms with Crippen LogP contribution >= 0.6 is 0 Å². The van der Waals surface area contributed by atoms with Crippen LogP contribution in [-0.2, 0) is 6.54 Å². The minimum Gasteiger partial charge on any atom is -0.398 e. The summed E-state index contributed by atoms with van der Waals surface area (Å²) in [4.78, 5) is 0. The molecule has 0 saturated heterocycles. The van der Waals surface area contributed by atoms with Crippen molar-refractivity contribution in [2.24, 2.45) is 5.92 Å². The molecule has 0 radical (unpaired) electrons. The van der Waals surface area contributed by atoms with E-state index in [-0.39, 0.29) is 5.82 Å². The quantitative estimate of drug-likeness (QED) is 0.874. The Hall–Kier alpha value is -1.98. The van der Waals surface area contributed by atoms with E-state index in [9.17, 15) is 4.39 Å². The third kappa shape index (κ3) is 2.64. The van der Waals surface area contributed by atoms with Crippen molar-refractivity contribution in [3.8, 4) is 11.4 Å². The van der Waals surface area contributed by atoms with Crippen molar-refractivity contribution >= 4 is 5.69 Å². The number of aromatic nitrogens is 4. The molecular formula is C14H18FN5. The van der Waals surface area contributed by atoms with Crippen LogP contribution in [0.15, 0.2) is 18.2 Å². The van der Waals surface area contributed by atoms with Crippen LogP contribution in [0.4, 0.5) is 10.1 Å². The smallest absolute Gasteiger partial charge is 0.184 e. The van der Waals surface area contributed by atoms with E-state index < -0.39 is 0 Å². The van der Waals surface area contributed by atoms with E-state index in [2.05, 4.69) is 15.5 Å². The molecule has 0 amide bonds. The van der Waals surface area contributed by atoms with Crippen molar-refractivity contribution in [2.45, 2.75) is 38.6 Å². The molecule has 1 aromatic heterocycles. The fraction of sp³-hybridized carbons (Fsp3) is 0.500. The second kappa shape index (κ2) is 5.56. The third-order valence-electron chi connectivity index (χ3n) is 3.94. The van der Waals surface area contributed by atoms with E-state index in [1.165, 1.54) is 44.2 Å². The van der Waals surface area contributed by atoms with Gasteiger partial charge in [0.1, 0.15) is 5.82 Å². The van der Waals surface area contributed by atoms with Gasteiger partial charge in [-0.15, -0.1) is 5.10 Å². The number of tetrazole rings is 1. The molecule has 6 heteroatoms. The van der Waals surface area contributed by atoms with Crippen molar-refractivity contribution < 1.29 is 4.39 Å². The van der Waals surface area contributed by atoms with Crippen LogP contribution in [0.25, 0.3) is 11.4 Å². The van der Waals surface area contributed by atoms with Gasteiger partial charge in [0, 0.05) is 17.8 Å². The summed E-state index contributed by atoms with van der Waals surface area (Å²) in [5, 5.41) is 11.8. The normalized spacial score (nSPS) is 16.4. The van der Waals surface area contributed by atoms with Gasteiger partial charge in [0.15, 0.2) is 5.82 Å². The van der Waals surface area contributed by atoms with Gasteiger partial charge < -0.3 is 5.73 Å². The Bertz CT molecular complexity index is 589. The van der Waals surface area contributed by atoms with Gasteiger partial charge in [-0.05, 0) is 47.4 Å². The van der Waals surface area contributed by atoms with Crippen LogP contribution in [-0.4, -0.2) is 20.2 Å². The lowest BCUT2D eigenvalue weighted by Gasteiger charge is -2.21. The number of benzene rings is 1. The first-order valence-corrected chi connectivity index (χ1v) is 7.05. The van der Waals surface area contributed by atoms with Crippen LogP contribution in [0.5, 0.6) is 0 Å². The lowest BCUT2D eigenvalue weighted by atomic mass is 9.89. The fourth-order valence-corrected chi connectivity index (χ4v) is 2.86. The maximum absolute atomic E-state index is 13.4. The lowest BCUT2D eigenvalue weighted by molar-refractivity contribution is 0.307. The minimum atomic E-state index is -0.332. The molecule has 1 aliphatic rings. The van der Waals surface area contributed by atoms with Gasteiger partial charge in [-0.25, -0.2) is 9.07 Å². The van der Waals surface area contributed by atoms with E-state index >= 15 is 0 Å². The summed E-state index contributed by atoms with van der Waals surface area (Å²) < 4.78 is 15.1. The molecule has 0 aliphatic heterocycles. The van der Waals surface area contributed by atoms with Gasteiger partial charge in [0.25, 0.3) is 0 Å². The lowest BCUT2D eigenvalue weighted by Crippen LogP contribution is -2.16. The van der Waals surface area contributed by atoms with Crippen LogP contribution in [0.3, 0.4) is 0 Å². The molecule has 0 unspecified atom stereocenters. The molecule has 3 rings (SSSR count). The molecule has 0 bridgehead atoms. The molecule has 1 fully saturated rings. The highest BCUT2D eigenvalue weighted by Gasteiger charge is 2.18. The Morgan fingerprint density at radius 1 is 1.25 bits per heavy atom. The Labute approximate surface area is 117 Å². The second-order valence-corrected chi connectivity index (χ2v) is 5.42. The fourth-order valence-electron chi connectivity index (χ4n) is 2.86. The Balaban J connectivity index is 1.87. The SMILES string of the molecule is Nc1ccc(F)cc1-c1nnnn1CC1CCCCC1. The molecule has 2 N–H and O–H groups in total. The van der Waals surface area contributed by atoms with E-state index in [1.807, 2.05) is 0 Å². The van der Waals surface area contributed by atoms with Crippen LogP contribution in [0.1, 0.15) is 32.1 Å². The predicted molar refractivity (Wildman–Crippen MR) is 74.2 cm³/mol. The summed E-state index contributed by atoms with van der Waals surface area (Å²) in [7, 11) is 0. The van der Waals surface area contributed by atoms with E-state index in [4.69, 9.17) is 5.73 Å². The molecule has 2 aromatic rings. The van der Waals surface area contributed by atoms with Crippen LogP contribution < -0.4 is 5.73 Å². The second-order valence-electron chi connectivity index (χ2n) is 5.42. The molecule has 1 aromatic carbocycles. The predicted octanol–water partition coefficient (Wildman–Crippen LogP) is 2.64. The number of anilines is 1. The zero-order valence-electron chi connectivity index (χ0n) is 11.3. The van der Waals surface area contributed by atoms with E-state index in [0.29, 0.717) is 23.0 Å². The van der Waals surface area contributed by atoms with Gasteiger partial charge in [-0.2, -0.15) is 0 Å². The van der Waals surface area contributed by atoms with E-state index in [0.717, 1.165) is 6.54 Å². The van der Waals surface area contributed by atoms with Gasteiger partial charge in [0.2, 0.25) is 0 Å². The van der Waals surface area contributed by atoms with Gasteiger partial charge in [-0.1, -0.05) is 19.3 Å². The number of rotatable bonds is 3. The number of hydrogen-bond acceptors (Lipinski definition) is 4. The highest BCUT2D eigenvalue weighted by Crippen LogP contribution is 2.28. The first-order chi connectivity index (χ1) is 9.74. The van der Waals surface area contributed by atoms with Crippen molar-refractivity contribution in [1.82, 2.24) is 20.2 Å². The molecule has 1 heterocycles. The van der Waals surface area contributed by atoms with Gasteiger partial charge in [-0.3, -0.25) is 0 Å². The average Bonchev–Trinajstić information content (AvgIpc) is 2.91. The maximum Gasteiger partial charge on any atom is 0.184 e. The standard InChI is InChI=1S/C14H18FN5/c15-11-6-7-13(16)12(8-11)14-17-18-19-20(14)9-10-4-2-1-3-5-10/h6-8,10H,1-5,9,16H2. The van der Waals surface area contributed by atoms with Crippen LogP contribution in [0, 0.1) is 11.7 Å². The summed E-state index contributed by atoms with van der Waals surface area (Å²) >= 11 is 0. The monoisotopic (exact) mass is 275 g/mol. The minimum absolute atomic E-state index is 0.332. The number of hydrogen-bond donors (Lipinski definition) is 1. The Morgan fingerprint density at radius 2 is 2.05 bits per heavy atom. The number of nitrogen functional groups attached to an aromatic ring is 1. The first kappa shape index (κ1) is 13.0. The molecular weight excluding hydrogens is 257 g/mol. The van der Waals surface area contributed by atoms with Crippen molar-refractivity contribution in [1.29, 1.82) is 0 Å². The molecule has 20 heavy (non-hydrogen) atoms. The molecule has 1 saturated carbocycles. The Kier molecular flexibility index (Phi) is 3.62. The van der Waals surface area contributed by atoms with Crippen molar-refractivity contribution in [2.75, 3.05) is 5.73 Å². The maximum atomic E-state index is 13.4. The summed E-state index contributed by atoms with van der Waals surface area (Å²) in [5.41, 5.74) is 6.96. The molecule has 0 atom stereocenters. The zero-order chi connectivity index (χ0) is 13.9. The summed E-state index contributed by atoms with van der Waals surface area (Å²) in [6.07, 6.45) is 6.26. The molecule has 0 spiro atoms. The van der Waals surface area contributed by atoms with Crippen molar-refractivity contribution in [3.63, 3.8) is 0 Å². The first-order valence-electron chi connectivity index (χ1n) is 7.05. The molecule has 106 valence electrons. The average molecular weight is 275 g/mol. The van der Waals surface area contributed by atoms with Crippen LogP contribution in [0.2, 0.25) is 0 Å². The number of halogens is 1. The van der Waals surface area contributed by atoms with Gasteiger partial charge >= 0.3 is 0 Å². The highest BCUT2D eigenvalue weighted by atomic mass is 19.1. The largest absolute Gasteiger partial charge is 0.398 e. The molecule has 5 nitrogen and oxygen atoms in total. The molecule has 1 aliphatic carbocycles. The Morgan fingerprint density at radius 3 is 2.85 bits per heavy atom. The number of nitrogens with zero attached hydrogens (tertiary/aromatic N) is 4. The third-order valence-corrected chi connectivity index (χ3v) is 3.94. The summed E-state index contributed by atoms with van der Waals surface area (Å²) in [6.45, 7) is 0.776. The highest BCUT2D eigenvalue weighted by molar-refractivity contribution is 5.71. The topological polar surface area (TPSA) is 69.6 Å². The summed E-state index contributed by atoms with van der Waals surface area (Å²) in [5.74, 6) is 0.815. The van der Waals surface area contributed by atoms with Gasteiger partial charge in [0.05, 0.1) is 0 Å². The van der Waals surface area contributed by atoms with E-state index in [1.54, 1.807) is 10.7 Å². The van der Waals surface area contributed by atoms with Crippen molar-refractivity contribution in [3.05, 3.63) is 24.0 Å². The number of nitrogens with two attached hydrogens (primary N) is 1. The summed E-state index contributed by atoms with van der Waals surface area (Å²) in [6, 6.07) is 4.27. The zero-order valence-corrected chi connectivity index (χ0v) is 11.3.